The molecule has 3 heterocycles. The van der Waals surface area contributed by atoms with Gasteiger partial charge in [-0.3, -0.25) is 4.90 Å². The predicted octanol–water partition coefficient (Wildman–Crippen LogP) is 1.71. The van der Waals surface area contributed by atoms with Gasteiger partial charge in [0.15, 0.2) is 0 Å². The number of carbonyl (C=O) groups is 1. The summed E-state index contributed by atoms with van der Waals surface area (Å²) in [6, 6.07) is 7.45. The van der Waals surface area contributed by atoms with E-state index in [-0.39, 0.29) is 5.97 Å². The summed E-state index contributed by atoms with van der Waals surface area (Å²) in [6.45, 7) is 4.41. The van der Waals surface area contributed by atoms with E-state index in [0.29, 0.717) is 24.3 Å². The Hall–Kier alpha value is -1.97. The Morgan fingerprint density at radius 3 is 2.61 bits per heavy atom. The molecule has 0 saturated carbocycles. The normalized spacial score (nSPS) is 35.2. The number of piperidine rings is 2. The maximum absolute atomic E-state index is 12.2. The van der Waals surface area contributed by atoms with Crippen molar-refractivity contribution in [2.24, 2.45) is 5.92 Å². The van der Waals surface area contributed by atoms with Gasteiger partial charge in [0.05, 0.1) is 12.7 Å². The van der Waals surface area contributed by atoms with Crippen LogP contribution in [-0.2, 0) is 14.3 Å². The van der Waals surface area contributed by atoms with E-state index in [9.17, 15) is 20.1 Å². The van der Waals surface area contributed by atoms with Crippen LogP contribution in [0.4, 0.5) is 0 Å². The molecule has 8 nitrogen and oxygen atoms in total. The standard InChI is InChI=1S/C25H35NO7/c1-16-22(28)23(29)24(30)25(32-16)33-19-10-7-17(8-11-19)9-12-21(27)31-15-18-5-4-14-26-13-3-2-6-20(18)26/h7-12,16,18,20,22-25,28-30H,2-6,13-15H2,1H3/b12-9-/t16-,18-,20-,22-,23+,24+,25-/m1/s1. The van der Waals surface area contributed by atoms with Crippen LogP contribution in [0, 0.1) is 5.92 Å². The topological polar surface area (TPSA) is 109 Å². The number of aliphatic hydroxyl groups excluding tert-OH is 3. The SMILES string of the molecule is C[C@H]1O[C@H](Oc2ccc(/C=C\C(=O)OC[C@H]3CCCN4CCCC[C@H]34)cc2)[C@@H](O)[C@@H](O)[C@@H]1O. The van der Waals surface area contributed by atoms with Crippen LogP contribution < -0.4 is 4.74 Å². The van der Waals surface area contributed by atoms with Crippen molar-refractivity contribution in [2.75, 3.05) is 19.7 Å². The quantitative estimate of drug-likeness (QED) is 0.434. The summed E-state index contributed by atoms with van der Waals surface area (Å²) in [5.74, 6) is 0.514. The van der Waals surface area contributed by atoms with Gasteiger partial charge in [-0.25, -0.2) is 4.79 Å². The lowest BCUT2D eigenvalue weighted by Gasteiger charge is -2.44. The molecule has 0 spiro atoms. The minimum absolute atomic E-state index is 0.344. The molecule has 7 atom stereocenters. The summed E-state index contributed by atoms with van der Waals surface area (Å²) in [5.41, 5.74) is 0.796. The van der Waals surface area contributed by atoms with Gasteiger partial charge in [-0.2, -0.15) is 0 Å². The predicted molar refractivity (Wildman–Crippen MR) is 121 cm³/mol. The summed E-state index contributed by atoms with van der Waals surface area (Å²) in [6.07, 6.45) is 3.51. The Morgan fingerprint density at radius 2 is 1.82 bits per heavy atom. The van der Waals surface area contributed by atoms with Crippen LogP contribution in [0.15, 0.2) is 30.3 Å². The zero-order valence-corrected chi connectivity index (χ0v) is 19.1. The monoisotopic (exact) mass is 461 g/mol. The van der Waals surface area contributed by atoms with E-state index in [0.717, 1.165) is 12.0 Å². The first-order valence-electron chi connectivity index (χ1n) is 12.0. The summed E-state index contributed by atoms with van der Waals surface area (Å²) in [4.78, 5) is 14.8. The number of nitrogens with zero attached hydrogens (tertiary/aromatic N) is 1. The molecule has 33 heavy (non-hydrogen) atoms. The number of benzene rings is 1. The van der Waals surface area contributed by atoms with E-state index in [2.05, 4.69) is 4.90 Å². The van der Waals surface area contributed by atoms with Gasteiger partial charge in [0.2, 0.25) is 6.29 Å². The molecule has 0 aromatic heterocycles. The lowest BCUT2D eigenvalue weighted by molar-refractivity contribution is -0.268. The Balaban J connectivity index is 1.25. The van der Waals surface area contributed by atoms with Crippen LogP contribution in [0.25, 0.3) is 6.08 Å². The van der Waals surface area contributed by atoms with Gasteiger partial charge in [0.1, 0.15) is 24.1 Å². The second kappa shape index (κ2) is 11.0. The third-order valence-corrected chi connectivity index (χ3v) is 7.02. The van der Waals surface area contributed by atoms with Crippen molar-refractivity contribution < 1.29 is 34.3 Å². The fraction of sp³-hybridized carbons (Fsp3) is 0.640. The van der Waals surface area contributed by atoms with Crippen LogP contribution >= 0.6 is 0 Å². The van der Waals surface area contributed by atoms with Crippen molar-refractivity contribution in [1.82, 2.24) is 4.90 Å². The van der Waals surface area contributed by atoms with E-state index in [1.54, 1.807) is 37.3 Å². The molecule has 0 bridgehead atoms. The van der Waals surface area contributed by atoms with Gasteiger partial charge in [-0.05, 0) is 69.5 Å². The Kier molecular flexibility index (Phi) is 8.03. The van der Waals surface area contributed by atoms with E-state index in [1.807, 2.05) is 0 Å². The van der Waals surface area contributed by atoms with Gasteiger partial charge in [0, 0.05) is 18.0 Å². The molecular formula is C25H35NO7. The van der Waals surface area contributed by atoms with Gasteiger partial charge in [-0.15, -0.1) is 0 Å². The van der Waals surface area contributed by atoms with Crippen molar-refractivity contribution in [3.63, 3.8) is 0 Å². The van der Waals surface area contributed by atoms with Crippen LogP contribution in [0.1, 0.15) is 44.6 Å². The van der Waals surface area contributed by atoms with Gasteiger partial charge in [-0.1, -0.05) is 18.6 Å². The highest BCUT2D eigenvalue weighted by Gasteiger charge is 2.43. The first kappa shape index (κ1) is 24.2. The highest BCUT2D eigenvalue weighted by atomic mass is 16.7. The van der Waals surface area contributed by atoms with E-state index >= 15 is 0 Å². The van der Waals surface area contributed by atoms with Crippen LogP contribution in [0.2, 0.25) is 0 Å². The zero-order chi connectivity index (χ0) is 23.4. The van der Waals surface area contributed by atoms with Gasteiger partial charge in [0.25, 0.3) is 0 Å². The van der Waals surface area contributed by atoms with E-state index in [4.69, 9.17) is 14.2 Å². The molecule has 4 rings (SSSR count). The molecule has 1 aromatic rings. The number of esters is 1. The largest absolute Gasteiger partial charge is 0.462 e. The summed E-state index contributed by atoms with van der Waals surface area (Å²) < 4.78 is 16.6. The molecule has 0 aliphatic carbocycles. The molecule has 0 radical (unpaired) electrons. The highest BCUT2D eigenvalue weighted by molar-refractivity contribution is 5.87. The van der Waals surface area contributed by atoms with Crippen molar-refractivity contribution in [3.8, 4) is 5.75 Å². The van der Waals surface area contributed by atoms with Crippen LogP contribution in [0.3, 0.4) is 0 Å². The molecule has 8 heteroatoms. The van der Waals surface area contributed by atoms with Crippen molar-refractivity contribution in [2.45, 2.75) is 75.8 Å². The maximum atomic E-state index is 12.2. The van der Waals surface area contributed by atoms with Crippen LogP contribution in [0.5, 0.6) is 5.75 Å². The number of aliphatic hydroxyl groups is 3. The molecule has 3 fully saturated rings. The molecule has 3 aliphatic rings. The smallest absolute Gasteiger partial charge is 0.330 e. The third-order valence-electron chi connectivity index (χ3n) is 7.02. The average Bonchev–Trinajstić information content (AvgIpc) is 2.84. The number of hydrogen-bond acceptors (Lipinski definition) is 8. The molecule has 182 valence electrons. The maximum Gasteiger partial charge on any atom is 0.330 e. The summed E-state index contributed by atoms with van der Waals surface area (Å²) in [7, 11) is 0. The second-order valence-electron chi connectivity index (χ2n) is 9.33. The van der Waals surface area contributed by atoms with Crippen molar-refractivity contribution in [3.05, 3.63) is 35.9 Å². The third kappa shape index (κ3) is 5.94. The van der Waals surface area contributed by atoms with Crippen molar-refractivity contribution >= 4 is 12.0 Å². The molecule has 3 saturated heterocycles. The minimum atomic E-state index is -1.37. The molecule has 3 aliphatic heterocycles. The van der Waals surface area contributed by atoms with Gasteiger partial charge < -0.3 is 29.5 Å². The number of hydrogen-bond donors (Lipinski definition) is 3. The fourth-order valence-corrected chi connectivity index (χ4v) is 5.08. The van der Waals surface area contributed by atoms with Gasteiger partial charge >= 0.3 is 5.97 Å². The summed E-state index contributed by atoms with van der Waals surface area (Å²) >= 11 is 0. The number of carbonyl (C=O) groups excluding carboxylic acids is 1. The lowest BCUT2D eigenvalue weighted by Crippen LogP contribution is -2.58. The number of fused-ring (bicyclic) bond motifs is 1. The van der Waals surface area contributed by atoms with Crippen LogP contribution in [-0.4, -0.2) is 82.6 Å². The molecule has 0 unspecified atom stereocenters. The second-order valence-corrected chi connectivity index (χ2v) is 9.33. The molecule has 0 amide bonds. The summed E-state index contributed by atoms with van der Waals surface area (Å²) in [5, 5.41) is 29.7. The fourth-order valence-electron chi connectivity index (χ4n) is 5.08. The number of rotatable bonds is 6. The van der Waals surface area contributed by atoms with E-state index in [1.165, 1.54) is 44.8 Å². The Bertz CT molecular complexity index is 811. The lowest BCUT2D eigenvalue weighted by atomic mass is 9.84. The molecular weight excluding hydrogens is 426 g/mol. The Morgan fingerprint density at radius 1 is 1.06 bits per heavy atom. The molecule has 1 aromatic carbocycles. The first-order chi connectivity index (χ1) is 15.9. The molecule has 3 N–H and O–H groups in total. The van der Waals surface area contributed by atoms with E-state index < -0.39 is 30.7 Å². The zero-order valence-electron chi connectivity index (χ0n) is 19.1. The van der Waals surface area contributed by atoms with Crippen molar-refractivity contribution in [1.29, 1.82) is 0 Å². The number of ether oxygens (including phenoxy) is 3. The average molecular weight is 462 g/mol. The Labute approximate surface area is 194 Å². The highest BCUT2D eigenvalue weighted by Crippen LogP contribution is 2.31. The minimum Gasteiger partial charge on any atom is -0.462 e. The first-order valence-corrected chi connectivity index (χ1v) is 12.0.